The molecule has 38 heavy (non-hydrogen) atoms. The Morgan fingerprint density at radius 2 is 1.71 bits per heavy atom. The summed E-state index contributed by atoms with van der Waals surface area (Å²) in [6.45, 7) is 5.01. The van der Waals surface area contributed by atoms with Gasteiger partial charge in [-0.2, -0.15) is 4.98 Å². The lowest BCUT2D eigenvalue weighted by Gasteiger charge is -2.32. The summed E-state index contributed by atoms with van der Waals surface area (Å²) in [7, 11) is 2.10. The van der Waals surface area contributed by atoms with Gasteiger partial charge in [0.2, 0.25) is 5.95 Å². The Kier molecular flexibility index (Phi) is 7.03. The lowest BCUT2D eigenvalue weighted by molar-refractivity contribution is 0.00506. The van der Waals surface area contributed by atoms with E-state index in [4.69, 9.17) is 9.47 Å². The lowest BCUT2D eigenvalue weighted by atomic mass is 10.1. The molecule has 0 unspecified atom stereocenters. The van der Waals surface area contributed by atoms with Crippen LogP contribution in [0.4, 0.5) is 20.4 Å². The van der Waals surface area contributed by atoms with E-state index < -0.39 is 11.6 Å². The Balaban J connectivity index is 1.22. The summed E-state index contributed by atoms with van der Waals surface area (Å²) in [4.78, 5) is 13.4. The minimum Gasteiger partial charge on any atom is -0.379 e. The van der Waals surface area contributed by atoms with E-state index in [1.807, 2.05) is 23.1 Å². The Labute approximate surface area is 219 Å². The van der Waals surface area contributed by atoms with Gasteiger partial charge in [0.05, 0.1) is 38.2 Å². The molecule has 2 saturated heterocycles. The maximum absolute atomic E-state index is 15.0. The van der Waals surface area contributed by atoms with Crippen molar-refractivity contribution in [3.63, 3.8) is 0 Å². The summed E-state index contributed by atoms with van der Waals surface area (Å²) in [6, 6.07) is 12.9. The van der Waals surface area contributed by atoms with Gasteiger partial charge < -0.3 is 19.4 Å². The number of rotatable bonds is 6. The zero-order valence-electron chi connectivity index (χ0n) is 21.2. The molecular weight excluding hydrogens is 490 g/mol. The van der Waals surface area contributed by atoms with E-state index >= 15 is 8.78 Å². The minimum atomic E-state index is -0.574. The van der Waals surface area contributed by atoms with Crippen LogP contribution in [0.3, 0.4) is 0 Å². The molecule has 0 aliphatic carbocycles. The zero-order chi connectivity index (χ0) is 26.1. The van der Waals surface area contributed by atoms with Crippen molar-refractivity contribution >= 4 is 22.7 Å². The normalized spacial score (nSPS) is 19.2. The molecule has 2 aromatic heterocycles. The number of morpholine rings is 2. The fourth-order valence-electron chi connectivity index (χ4n) is 5.00. The fourth-order valence-corrected chi connectivity index (χ4v) is 5.00. The highest BCUT2D eigenvalue weighted by Crippen LogP contribution is 2.27. The van der Waals surface area contributed by atoms with Crippen LogP contribution in [0, 0.1) is 11.6 Å². The SMILES string of the molecule is CN1CCOC[C@@H]1c1ccc(Nc2ncc3ccn(-c4cc(F)c(CN5CCOCC5)c(F)c4)c3n2)cc1. The number of aromatic nitrogens is 3. The van der Waals surface area contributed by atoms with Crippen molar-refractivity contribution in [3.8, 4) is 5.69 Å². The molecule has 4 aromatic rings. The van der Waals surface area contributed by atoms with Gasteiger partial charge in [-0.1, -0.05) is 12.1 Å². The molecule has 0 spiro atoms. The Hall–Kier alpha value is -3.44. The van der Waals surface area contributed by atoms with E-state index in [0.717, 1.165) is 24.2 Å². The van der Waals surface area contributed by atoms with Crippen LogP contribution in [-0.2, 0) is 16.0 Å². The van der Waals surface area contributed by atoms with Crippen molar-refractivity contribution in [3.05, 3.63) is 77.6 Å². The molecule has 0 radical (unpaired) electrons. The summed E-state index contributed by atoms with van der Waals surface area (Å²) in [5.74, 6) is -0.752. The fraction of sp³-hybridized carbons (Fsp3) is 0.357. The summed E-state index contributed by atoms with van der Waals surface area (Å²) in [6.07, 6.45) is 3.44. The van der Waals surface area contributed by atoms with Crippen LogP contribution in [0.1, 0.15) is 17.2 Å². The van der Waals surface area contributed by atoms with Gasteiger partial charge in [0.25, 0.3) is 0 Å². The first kappa shape index (κ1) is 24.9. The number of nitrogens with zero attached hydrogens (tertiary/aromatic N) is 5. The summed E-state index contributed by atoms with van der Waals surface area (Å²) in [5, 5.41) is 4.01. The monoisotopic (exact) mass is 520 g/mol. The molecule has 0 bridgehead atoms. The van der Waals surface area contributed by atoms with Gasteiger partial charge in [-0.15, -0.1) is 0 Å². The first-order chi connectivity index (χ1) is 18.5. The molecule has 10 heteroatoms. The van der Waals surface area contributed by atoms with Crippen LogP contribution < -0.4 is 5.32 Å². The number of anilines is 2. The smallest absolute Gasteiger partial charge is 0.229 e. The van der Waals surface area contributed by atoms with Gasteiger partial charge in [0.1, 0.15) is 17.3 Å². The van der Waals surface area contributed by atoms with Gasteiger partial charge in [0, 0.05) is 55.2 Å². The molecule has 2 aliphatic rings. The predicted molar refractivity (Wildman–Crippen MR) is 141 cm³/mol. The number of ether oxygens (including phenoxy) is 2. The van der Waals surface area contributed by atoms with E-state index in [0.29, 0.717) is 50.2 Å². The molecule has 0 saturated carbocycles. The number of nitrogens with one attached hydrogen (secondary N) is 1. The highest BCUT2D eigenvalue weighted by Gasteiger charge is 2.21. The van der Waals surface area contributed by atoms with Crippen LogP contribution in [-0.4, -0.2) is 77.4 Å². The van der Waals surface area contributed by atoms with E-state index in [2.05, 4.69) is 39.4 Å². The summed E-state index contributed by atoms with van der Waals surface area (Å²) >= 11 is 0. The standard InChI is InChI=1S/C28H30F2N6O2/c1-34-8-11-38-18-26(34)19-2-4-21(5-3-19)32-28-31-16-20-6-7-36(27(20)33-28)22-14-24(29)23(25(30)15-22)17-35-9-12-37-13-10-35/h2-7,14-16,26H,8-13,17-18H2,1H3,(H,31,32,33)/t26-/m1/s1. The minimum absolute atomic E-state index is 0.0681. The van der Waals surface area contributed by atoms with Crippen molar-refractivity contribution in [2.75, 3.05) is 58.4 Å². The van der Waals surface area contributed by atoms with Crippen molar-refractivity contribution in [1.29, 1.82) is 0 Å². The van der Waals surface area contributed by atoms with Gasteiger partial charge >= 0.3 is 0 Å². The molecule has 2 aromatic carbocycles. The number of hydrogen-bond donors (Lipinski definition) is 1. The first-order valence-corrected chi connectivity index (χ1v) is 12.8. The summed E-state index contributed by atoms with van der Waals surface area (Å²) < 4.78 is 42.7. The number of halogens is 2. The molecule has 2 aliphatic heterocycles. The highest BCUT2D eigenvalue weighted by molar-refractivity contribution is 5.78. The molecule has 1 N–H and O–H groups in total. The lowest BCUT2D eigenvalue weighted by Crippen LogP contribution is -2.36. The number of benzene rings is 2. The van der Waals surface area contributed by atoms with Crippen LogP contribution >= 0.6 is 0 Å². The molecule has 2 fully saturated rings. The van der Waals surface area contributed by atoms with Crippen LogP contribution in [0.15, 0.2) is 54.9 Å². The van der Waals surface area contributed by atoms with E-state index in [1.165, 1.54) is 17.7 Å². The maximum Gasteiger partial charge on any atom is 0.229 e. The molecule has 1 atom stereocenters. The third-order valence-corrected chi connectivity index (χ3v) is 7.26. The average molecular weight is 521 g/mol. The largest absolute Gasteiger partial charge is 0.379 e. The van der Waals surface area contributed by atoms with E-state index in [-0.39, 0.29) is 18.2 Å². The molecular formula is C28H30F2N6O2. The molecule has 6 rings (SSSR count). The Morgan fingerprint density at radius 1 is 0.974 bits per heavy atom. The van der Waals surface area contributed by atoms with Gasteiger partial charge in [0.15, 0.2) is 0 Å². The van der Waals surface area contributed by atoms with E-state index in [9.17, 15) is 0 Å². The molecule has 0 amide bonds. The van der Waals surface area contributed by atoms with Crippen LogP contribution in [0.2, 0.25) is 0 Å². The number of hydrogen-bond acceptors (Lipinski definition) is 7. The van der Waals surface area contributed by atoms with Crippen molar-refractivity contribution in [1.82, 2.24) is 24.3 Å². The first-order valence-electron chi connectivity index (χ1n) is 12.8. The highest BCUT2D eigenvalue weighted by atomic mass is 19.1. The number of fused-ring (bicyclic) bond motifs is 1. The molecule has 4 heterocycles. The zero-order valence-corrected chi connectivity index (χ0v) is 21.2. The molecule has 8 nitrogen and oxygen atoms in total. The van der Waals surface area contributed by atoms with Crippen LogP contribution in [0.5, 0.6) is 0 Å². The maximum atomic E-state index is 15.0. The summed E-state index contributed by atoms with van der Waals surface area (Å²) in [5.41, 5.74) is 3.02. The average Bonchev–Trinajstić information content (AvgIpc) is 3.35. The second-order valence-corrected chi connectivity index (χ2v) is 9.75. The van der Waals surface area contributed by atoms with Gasteiger partial charge in [-0.3, -0.25) is 9.80 Å². The second-order valence-electron chi connectivity index (χ2n) is 9.75. The van der Waals surface area contributed by atoms with Gasteiger partial charge in [-0.05, 0) is 42.9 Å². The quantitative estimate of drug-likeness (QED) is 0.407. The Bertz CT molecular complexity index is 1400. The number of likely N-dealkylation sites (N-methyl/N-ethyl adjacent to an activating group) is 1. The van der Waals surface area contributed by atoms with Gasteiger partial charge in [-0.25, -0.2) is 13.8 Å². The van der Waals surface area contributed by atoms with E-state index in [1.54, 1.807) is 17.0 Å². The third kappa shape index (κ3) is 5.12. The predicted octanol–water partition coefficient (Wildman–Crippen LogP) is 4.28. The van der Waals surface area contributed by atoms with Crippen molar-refractivity contribution in [2.45, 2.75) is 12.6 Å². The topological polar surface area (TPSA) is 67.7 Å². The van der Waals surface area contributed by atoms with Crippen molar-refractivity contribution < 1.29 is 18.3 Å². The van der Waals surface area contributed by atoms with Crippen LogP contribution in [0.25, 0.3) is 16.7 Å². The second kappa shape index (κ2) is 10.7. The Morgan fingerprint density at radius 3 is 2.45 bits per heavy atom. The molecule has 198 valence electrons. The van der Waals surface area contributed by atoms with Crippen molar-refractivity contribution in [2.24, 2.45) is 0 Å². The third-order valence-electron chi connectivity index (χ3n) is 7.26.